The molecule has 0 radical (unpaired) electrons. The van der Waals surface area contributed by atoms with E-state index in [9.17, 15) is 0 Å². The van der Waals surface area contributed by atoms with E-state index in [0.29, 0.717) is 41.1 Å². The molecule has 0 amide bonds. The Hall–Kier alpha value is -2.32. The smallest absolute Gasteiger partial charge is 0.241 e. The summed E-state index contributed by atoms with van der Waals surface area (Å²) in [6.07, 6.45) is 3.75. The lowest BCUT2D eigenvalue weighted by atomic mass is 10.1. The van der Waals surface area contributed by atoms with Crippen molar-refractivity contribution in [1.29, 1.82) is 0 Å². The van der Waals surface area contributed by atoms with E-state index in [1.165, 1.54) is 6.42 Å². The van der Waals surface area contributed by atoms with Gasteiger partial charge in [-0.2, -0.15) is 4.98 Å². The molecule has 0 bridgehead atoms. The second kappa shape index (κ2) is 9.05. The van der Waals surface area contributed by atoms with Crippen LogP contribution in [0.3, 0.4) is 0 Å². The molecule has 2 aromatic rings. The summed E-state index contributed by atoms with van der Waals surface area (Å²) in [6.45, 7) is 2.25. The molecule has 27 heavy (non-hydrogen) atoms. The predicted molar refractivity (Wildman–Crippen MR) is 99.3 cm³/mol. The molecule has 1 fully saturated rings. The number of hydrogen-bond acceptors (Lipinski definition) is 8. The lowest BCUT2D eigenvalue weighted by Crippen LogP contribution is -2.33. The zero-order chi connectivity index (χ0) is 19.2. The van der Waals surface area contributed by atoms with Crippen LogP contribution >= 0.6 is 0 Å². The molecule has 2 heterocycles. The second-order valence-corrected chi connectivity index (χ2v) is 6.58. The van der Waals surface area contributed by atoms with Crippen molar-refractivity contribution >= 4 is 0 Å². The van der Waals surface area contributed by atoms with Crippen molar-refractivity contribution < 1.29 is 23.5 Å². The number of benzene rings is 1. The molecule has 1 aliphatic rings. The third-order valence-corrected chi connectivity index (χ3v) is 4.61. The van der Waals surface area contributed by atoms with E-state index in [1.54, 1.807) is 27.4 Å². The SMILES string of the molecule is COc1ccc(-c2noc(CN(C)C[C@@H]3CCCCO3)n2)c(OC)c1OC. The van der Waals surface area contributed by atoms with Gasteiger partial charge in [-0.1, -0.05) is 5.16 Å². The van der Waals surface area contributed by atoms with Gasteiger partial charge in [0.2, 0.25) is 17.5 Å². The lowest BCUT2D eigenvalue weighted by Gasteiger charge is -2.26. The zero-order valence-corrected chi connectivity index (χ0v) is 16.4. The van der Waals surface area contributed by atoms with E-state index < -0.39 is 0 Å². The molecular weight excluding hydrogens is 350 g/mol. The van der Waals surface area contributed by atoms with Gasteiger partial charge in [0, 0.05) is 13.2 Å². The van der Waals surface area contributed by atoms with Crippen LogP contribution in [0.5, 0.6) is 17.2 Å². The Labute approximate surface area is 159 Å². The lowest BCUT2D eigenvalue weighted by molar-refractivity contribution is -0.00382. The van der Waals surface area contributed by atoms with Crippen LogP contribution in [0, 0.1) is 0 Å². The molecule has 1 atom stereocenters. The molecule has 1 aromatic carbocycles. The van der Waals surface area contributed by atoms with E-state index in [0.717, 1.165) is 26.0 Å². The molecule has 0 aliphatic carbocycles. The van der Waals surface area contributed by atoms with Gasteiger partial charge in [0.05, 0.1) is 39.5 Å². The molecule has 0 spiro atoms. The third-order valence-electron chi connectivity index (χ3n) is 4.61. The number of aromatic nitrogens is 2. The molecule has 0 N–H and O–H groups in total. The summed E-state index contributed by atoms with van der Waals surface area (Å²) in [7, 11) is 6.74. The Morgan fingerprint density at radius 2 is 1.93 bits per heavy atom. The summed E-state index contributed by atoms with van der Waals surface area (Å²) in [4.78, 5) is 6.65. The molecular formula is C19H27N3O5. The number of methoxy groups -OCH3 is 3. The highest BCUT2D eigenvalue weighted by molar-refractivity contribution is 5.71. The number of nitrogens with zero attached hydrogens (tertiary/aromatic N) is 3. The van der Waals surface area contributed by atoms with E-state index in [4.69, 9.17) is 23.5 Å². The van der Waals surface area contributed by atoms with Crippen molar-refractivity contribution in [1.82, 2.24) is 15.0 Å². The van der Waals surface area contributed by atoms with Crippen LogP contribution in [0.1, 0.15) is 25.2 Å². The monoisotopic (exact) mass is 377 g/mol. The quantitative estimate of drug-likeness (QED) is 0.695. The molecule has 8 heteroatoms. The molecule has 0 unspecified atom stereocenters. The summed E-state index contributed by atoms with van der Waals surface area (Å²) in [5, 5.41) is 4.11. The second-order valence-electron chi connectivity index (χ2n) is 6.58. The van der Waals surface area contributed by atoms with Crippen LogP contribution in [0.15, 0.2) is 16.7 Å². The van der Waals surface area contributed by atoms with Crippen molar-refractivity contribution in [3.63, 3.8) is 0 Å². The minimum atomic E-state index is 0.275. The van der Waals surface area contributed by atoms with Crippen LogP contribution in [-0.4, -0.2) is 62.7 Å². The summed E-state index contributed by atoms with van der Waals surface area (Å²) in [6, 6.07) is 3.62. The van der Waals surface area contributed by atoms with Gasteiger partial charge in [0.25, 0.3) is 0 Å². The largest absolute Gasteiger partial charge is 0.493 e. The third kappa shape index (κ3) is 4.51. The first-order valence-corrected chi connectivity index (χ1v) is 9.08. The van der Waals surface area contributed by atoms with Crippen LogP contribution in [-0.2, 0) is 11.3 Å². The minimum Gasteiger partial charge on any atom is -0.493 e. The van der Waals surface area contributed by atoms with Gasteiger partial charge in [-0.15, -0.1) is 0 Å². The number of hydrogen-bond donors (Lipinski definition) is 0. The fraction of sp³-hybridized carbons (Fsp3) is 0.579. The van der Waals surface area contributed by atoms with Crippen molar-refractivity contribution in [2.24, 2.45) is 0 Å². The Kier molecular flexibility index (Phi) is 6.52. The summed E-state index contributed by atoms with van der Waals surface area (Å²) in [5.41, 5.74) is 0.684. The van der Waals surface area contributed by atoms with Crippen molar-refractivity contribution in [3.8, 4) is 28.6 Å². The maximum atomic E-state index is 5.79. The molecule has 148 valence electrons. The van der Waals surface area contributed by atoms with Crippen molar-refractivity contribution in [2.75, 3.05) is 41.5 Å². The van der Waals surface area contributed by atoms with Gasteiger partial charge in [0.1, 0.15) is 0 Å². The summed E-state index contributed by atoms with van der Waals surface area (Å²) >= 11 is 0. The van der Waals surface area contributed by atoms with Gasteiger partial charge in [-0.25, -0.2) is 0 Å². The number of rotatable bonds is 8. The van der Waals surface area contributed by atoms with Crippen molar-refractivity contribution in [2.45, 2.75) is 31.9 Å². The predicted octanol–water partition coefficient (Wildman–Crippen LogP) is 2.76. The maximum Gasteiger partial charge on any atom is 0.241 e. The Bertz CT molecular complexity index is 743. The van der Waals surface area contributed by atoms with Crippen LogP contribution in [0.4, 0.5) is 0 Å². The fourth-order valence-corrected chi connectivity index (χ4v) is 3.30. The molecule has 1 saturated heterocycles. The maximum absolute atomic E-state index is 5.79. The Balaban J connectivity index is 1.73. The topological polar surface area (TPSA) is 79.1 Å². The van der Waals surface area contributed by atoms with E-state index >= 15 is 0 Å². The standard InChI is InChI=1S/C19H27N3O5/c1-22(11-13-7-5-6-10-26-13)12-16-20-19(21-27-16)14-8-9-15(23-2)18(25-4)17(14)24-3/h8-9,13H,5-7,10-12H2,1-4H3/t13-/m0/s1. The first kappa shape index (κ1) is 19.4. The van der Waals surface area contributed by atoms with Gasteiger partial charge >= 0.3 is 0 Å². The van der Waals surface area contributed by atoms with Gasteiger partial charge < -0.3 is 23.5 Å². The highest BCUT2D eigenvalue weighted by Crippen LogP contribution is 2.43. The highest BCUT2D eigenvalue weighted by atomic mass is 16.5. The first-order chi connectivity index (χ1) is 13.2. The molecule has 0 saturated carbocycles. The Morgan fingerprint density at radius 3 is 2.59 bits per heavy atom. The van der Waals surface area contributed by atoms with Crippen LogP contribution in [0.25, 0.3) is 11.4 Å². The number of ether oxygens (including phenoxy) is 4. The normalized spacial score (nSPS) is 17.1. The van der Waals surface area contributed by atoms with Gasteiger partial charge in [0.15, 0.2) is 11.5 Å². The minimum absolute atomic E-state index is 0.275. The molecule has 8 nitrogen and oxygen atoms in total. The number of likely N-dealkylation sites (N-methyl/N-ethyl adjacent to an activating group) is 1. The van der Waals surface area contributed by atoms with E-state index in [2.05, 4.69) is 15.0 Å². The molecule has 1 aliphatic heterocycles. The molecule has 1 aromatic heterocycles. The van der Waals surface area contributed by atoms with Gasteiger partial charge in [-0.3, -0.25) is 4.90 Å². The Morgan fingerprint density at radius 1 is 1.11 bits per heavy atom. The van der Waals surface area contributed by atoms with E-state index in [1.807, 2.05) is 13.1 Å². The first-order valence-electron chi connectivity index (χ1n) is 9.08. The summed E-state index contributed by atoms with van der Waals surface area (Å²) < 4.78 is 27.5. The zero-order valence-electron chi connectivity index (χ0n) is 16.4. The van der Waals surface area contributed by atoms with Crippen LogP contribution in [0.2, 0.25) is 0 Å². The van der Waals surface area contributed by atoms with Gasteiger partial charge in [-0.05, 0) is 38.4 Å². The fourth-order valence-electron chi connectivity index (χ4n) is 3.30. The average molecular weight is 377 g/mol. The highest BCUT2D eigenvalue weighted by Gasteiger charge is 2.22. The molecule has 3 rings (SSSR count). The van der Waals surface area contributed by atoms with Crippen LogP contribution < -0.4 is 14.2 Å². The average Bonchev–Trinajstić information content (AvgIpc) is 3.15. The van der Waals surface area contributed by atoms with Crippen molar-refractivity contribution in [3.05, 3.63) is 18.0 Å². The van der Waals surface area contributed by atoms with E-state index in [-0.39, 0.29) is 6.10 Å². The summed E-state index contributed by atoms with van der Waals surface area (Å²) in [5.74, 6) is 2.57.